The fourth-order valence-corrected chi connectivity index (χ4v) is 5.48. The van der Waals surface area contributed by atoms with Gasteiger partial charge in [-0.3, -0.25) is 29.4 Å². The summed E-state index contributed by atoms with van der Waals surface area (Å²) in [5.74, 6) is -1.50. The Morgan fingerprint density at radius 3 is 2.43 bits per heavy atom. The lowest BCUT2D eigenvalue weighted by Crippen LogP contribution is -2.58. The number of anilines is 1. The third kappa shape index (κ3) is 2.85. The van der Waals surface area contributed by atoms with Crippen molar-refractivity contribution in [1.29, 1.82) is 0 Å². The Bertz CT molecular complexity index is 942. The van der Waals surface area contributed by atoms with Crippen molar-refractivity contribution in [3.8, 4) is 0 Å². The Labute approximate surface area is 174 Å². The Morgan fingerprint density at radius 1 is 1.03 bits per heavy atom. The lowest BCUT2D eigenvalue weighted by Gasteiger charge is -2.54. The molecule has 1 aliphatic carbocycles. The SMILES string of the molecule is O=C1CCC(N2C(=O)c3cccc(N4CC5(CCC(CO)CC5)C4)c3C2=O)C(=O)N1. The molecule has 30 heavy (non-hydrogen) atoms. The van der Waals surface area contributed by atoms with E-state index in [9.17, 15) is 24.3 Å². The molecule has 1 saturated carbocycles. The first kappa shape index (κ1) is 19.2. The van der Waals surface area contributed by atoms with E-state index in [4.69, 9.17) is 0 Å². The fraction of sp³-hybridized carbons (Fsp3) is 0.545. The highest BCUT2D eigenvalue weighted by Gasteiger charge is 2.49. The number of carbonyl (C=O) groups excluding carboxylic acids is 4. The van der Waals surface area contributed by atoms with Gasteiger partial charge in [0, 0.05) is 31.5 Å². The van der Waals surface area contributed by atoms with Crippen LogP contribution < -0.4 is 10.2 Å². The van der Waals surface area contributed by atoms with E-state index in [-0.39, 0.29) is 30.8 Å². The van der Waals surface area contributed by atoms with Crippen LogP contribution in [-0.2, 0) is 9.59 Å². The number of imide groups is 2. The molecule has 0 aromatic heterocycles. The summed E-state index contributed by atoms with van der Waals surface area (Å²) in [7, 11) is 0. The molecule has 1 aromatic rings. The zero-order valence-corrected chi connectivity index (χ0v) is 16.7. The number of hydrogen-bond donors (Lipinski definition) is 2. The molecule has 1 unspecified atom stereocenters. The second kappa shape index (κ2) is 6.91. The van der Waals surface area contributed by atoms with Gasteiger partial charge in [0.2, 0.25) is 11.8 Å². The van der Waals surface area contributed by atoms with Crippen LogP contribution in [0.3, 0.4) is 0 Å². The van der Waals surface area contributed by atoms with Crippen molar-refractivity contribution in [3.05, 3.63) is 29.3 Å². The number of hydrogen-bond acceptors (Lipinski definition) is 6. The van der Waals surface area contributed by atoms with E-state index in [2.05, 4.69) is 10.2 Å². The zero-order chi connectivity index (χ0) is 21.0. The quantitative estimate of drug-likeness (QED) is 0.721. The zero-order valence-electron chi connectivity index (χ0n) is 16.7. The summed E-state index contributed by atoms with van der Waals surface area (Å²) in [6.07, 6.45) is 4.46. The number of amides is 4. The monoisotopic (exact) mass is 411 g/mol. The summed E-state index contributed by atoms with van der Waals surface area (Å²) in [6.45, 7) is 1.92. The Kier molecular flexibility index (Phi) is 4.43. The minimum absolute atomic E-state index is 0.111. The van der Waals surface area contributed by atoms with Gasteiger partial charge in [-0.05, 0) is 50.2 Å². The average molecular weight is 411 g/mol. The van der Waals surface area contributed by atoms with Gasteiger partial charge < -0.3 is 10.0 Å². The average Bonchev–Trinajstić information content (AvgIpc) is 2.97. The Hall–Kier alpha value is -2.74. The van der Waals surface area contributed by atoms with Crippen LogP contribution in [0.4, 0.5) is 5.69 Å². The van der Waals surface area contributed by atoms with Crippen LogP contribution in [0, 0.1) is 11.3 Å². The third-order valence-corrected chi connectivity index (χ3v) is 7.26. The van der Waals surface area contributed by atoms with Crippen LogP contribution in [0.25, 0.3) is 0 Å². The van der Waals surface area contributed by atoms with E-state index >= 15 is 0 Å². The Morgan fingerprint density at radius 2 is 1.77 bits per heavy atom. The minimum Gasteiger partial charge on any atom is -0.396 e. The van der Waals surface area contributed by atoms with Crippen LogP contribution in [0.2, 0.25) is 0 Å². The van der Waals surface area contributed by atoms with Gasteiger partial charge in [-0.2, -0.15) is 0 Å². The highest BCUT2D eigenvalue weighted by molar-refractivity contribution is 6.25. The predicted octanol–water partition coefficient (Wildman–Crippen LogP) is 1.08. The fourth-order valence-electron chi connectivity index (χ4n) is 5.48. The topological polar surface area (TPSA) is 107 Å². The lowest BCUT2D eigenvalue weighted by atomic mass is 9.66. The van der Waals surface area contributed by atoms with E-state index in [1.807, 2.05) is 6.07 Å². The molecule has 1 aromatic carbocycles. The van der Waals surface area contributed by atoms with Gasteiger partial charge in [-0.25, -0.2) is 0 Å². The number of aliphatic hydroxyl groups excluding tert-OH is 1. The molecule has 3 fully saturated rings. The molecule has 5 rings (SSSR count). The number of aliphatic hydroxyl groups is 1. The summed E-state index contributed by atoms with van der Waals surface area (Å²) in [5, 5.41) is 11.6. The van der Waals surface area contributed by atoms with Crippen molar-refractivity contribution in [2.45, 2.75) is 44.6 Å². The van der Waals surface area contributed by atoms with Crippen LogP contribution >= 0.6 is 0 Å². The largest absolute Gasteiger partial charge is 0.396 e. The Balaban J connectivity index is 1.37. The van der Waals surface area contributed by atoms with Crippen molar-refractivity contribution in [3.63, 3.8) is 0 Å². The third-order valence-electron chi connectivity index (χ3n) is 7.26. The standard InChI is InChI=1S/C22H25N3O5/c26-10-13-6-8-22(9-7-13)11-24(12-22)15-3-1-2-14-18(15)21(30)25(20(14)29)16-4-5-17(27)23-19(16)28/h1-3,13,16,26H,4-12H2,(H,23,27,28). The second-order valence-corrected chi connectivity index (χ2v) is 9.13. The van der Waals surface area contributed by atoms with Gasteiger partial charge in [0.1, 0.15) is 6.04 Å². The molecule has 2 N–H and O–H groups in total. The van der Waals surface area contributed by atoms with Crippen molar-refractivity contribution in [1.82, 2.24) is 10.2 Å². The van der Waals surface area contributed by atoms with E-state index < -0.39 is 23.8 Å². The second-order valence-electron chi connectivity index (χ2n) is 9.13. The molecule has 4 aliphatic rings. The maximum Gasteiger partial charge on any atom is 0.264 e. The number of piperidine rings is 1. The summed E-state index contributed by atoms with van der Waals surface area (Å²) in [6, 6.07) is 4.33. The van der Waals surface area contributed by atoms with E-state index in [1.165, 1.54) is 0 Å². The molecule has 1 atom stereocenters. The van der Waals surface area contributed by atoms with Crippen LogP contribution in [0.1, 0.15) is 59.2 Å². The van der Waals surface area contributed by atoms with Gasteiger partial charge in [-0.1, -0.05) is 6.07 Å². The van der Waals surface area contributed by atoms with Gasteiger partial charge in [0.25, 0.3) is 11.8 Å². The minimum atomic E-state index is -0.945. The first-order valence-corrected chi connectivity index (χ1v) is 10.6. The molecule has 1 spiro atoms. The predicted molar refractivity (Wildman–Crippen MR) is 107 cm³/mol. The molecule has 2 saturated heterocycles. The number of benzene rings is 1. The molecule has 3 heterocycles. The van der Waals surface area contributed by atoms with Gasteiger partial charge in [-0.15, -0.1) is 0 Å². The van der Waals surface area contributed by atoms with Gasteiger partial charge in [0.05, 0.1) is 16.8 Å². The van der Waals surface area contributed by atoms with Crippen molar-refractivity contribution in [2.75, 3.05) is 24.6 Å². The maximum absolute atomic E-state index is 13.2. The highest BCUT2D eigenvalue weighted by Crippen LogP contribution is 2.48. The molecular formula is C22H25N3O5. The van der Waals surface area contributed by atoms with Crippen molar-refractivity contribution < 1.29 is 24.3 Å². The van der Waals surface area contributed by atoms with E-state index in [0.29, 0.717) is 17.0 Å². The number of nitrogens with zero attached hydrogens (tertiary/aromatic N) is 2. The molecule has 4 amide bonds. The van der Waals surface area contributed by atoms with E-state index in [1.54, 1.807) is 12.1 Å². The normalized spacial score (nSPS) is 26.1. The van der Waals surface area contributed by atoms with Crippen LogP contribution in [0.15, 0.2) is 18.2 Å². The summed E-state index contributed by atoms with van der Waals surface area (Å²) >= 11 is 0. The summed E-state index contributed by atoms with van der Waals surface area (Å²) in [5.41, 5.74) is 1.66. The number of rotatable bonds is 3. The molecule has 8 heteroatoms. The number of carbonyl (C=O) groups is 4. The van der Waals surface area contributed by atoms with Crippen molar-refractivity contribution >= 4 is 29.3 Å². The smallest absolute Gasteiger partial charge is 0.264 e. The van der Waals surface area contributed by atoms with Crippen molar-refractivity contribution in [2.24, 2.45) is 11.3 Å². The molecule has 0 bridgehead atoms. The molecule has 8 nitrogen and oxygen atoms in total. The molecule has 158 valence electrons. The molecule has 3 aliphatic heterocycles. The molecule has 0 radical (unpaired) electrons. The van der Waals surface area contributed by atoms with Gasteiger partial charge >= 0.3 is 0 Å². The maximum atomic E-state index is 13.2. The van der Waals surface area contributed by atoms with E-state index in [0.717, 1.165) is 49.4 Å². The van der Waals surface area contributed by atoms with Crippen LogP contribution in [0.5, 0.6) is 0 Å². The molecular weight excluding hydrogens is 386 g/mol. The lowest BCUT2D eigenvalue weighted by molar-refractivity contribution is -0.136. The summed E-state index contributed by atoms with van der Waals surface area (Å²) in [4.78, 5) is 53.1. The number of fused-ring (bicyclic) bond motifs is 1. The van der Waals surface area contributed by atoms with Crippen LogP contribution in [-0.4, -0.2) is 59.4 Å². The first-order valence-electron chi connectivity index (χ1n) is 10.6. The van der Waals surface area contributed by atoms with Gasteiger partial charge in [0.15, 0.2) is 0 Å². The first-order chi connectivity index (χ1) is 14.4. The summed E-state index contributed by atoms with van der Waals surface area (Å²) < 4.78 is 0. The highest BCUT2D eigenvalue weighted by atomic mass is 16.3. The number of nitrogens with one attached hydrogen (secondary N) is 1.